The van der Waals surface area contributed by atoms with Gasteiger partial charge in [-0.05, 0) is 48.9 Å². The Morgan fingerprint density at radius 1 is 1.00 bits per heavy atom. The van der Waals surface area contributed by atoms with Crippen LogP contribution in [0.3, 0.4) is 0 Å². The lowest BCUT2D eigenvalue weighted by Gasteiger charge is -2.17. The van der Waals surface area contributed by atoms with Crippen LogP contribution in [0.15, 0.2) is 36.4 Å². The molecular formula is C18H20FNO. The van der Waals surface area contributed by atoms with E-state index in [0.29, 0.717) is 11.1 Å². The second kappa shape index (κ2) is 6.27. The summed E-state index contributed by atoms with van der Waals surface area (Å²) in [5, 5.41) is 0. The Labute approximate surface area is 124 Å². The number of nitrogens with two attached hydrogens (primary N) is 1. The van der Waals surface area contributed by atoms with E-state index >= 15 is 0 Å². The second-order valence-corrected chi connectivity index (χ2v) is 5.52. The molecule has 0 bridgehead atoms. The number of rotatable bonds is 4. The van der Waals surface area contributed by atoms with Gasteiger partial charge in [0.2, 0.25) is 0 Å². The molecule has 0 unspecified atom stereocenters. The van der Waals surface area contributed by atoms with E-state index in [2.05, 4.69) is 12.1 Å². The fourth-order valence-corrected chi connectivity index (χ4v) is 2.86. The average molecular weight is 285 g/mol. The molecule has 2 nitrogen and oxygen atoms in total. The monoisotopic (exact) mass is 285 g/mol. The molecule has 110 valence electrons. The Morgan fingerprint density at radius 3 is 2.57 bits per heavy atom. The van der Waals surface area contributed by atoms with Crippen LogP contribution in [0.25, 0.3) is 0 Å². The quantitative estimate of drug-likeness (QED) is 0.928. The average Bonchev–Trinajstić information content (AvgIpc) is 2.54. The molecule has 3 heteroatoms. The molecule has 0 spiro atoms. The van der Waals surface area contributed by atoms with Crippen LogP contribution in [0.4, 0.5) is 4.39 Å². The van der Waals surface area contributed by atoms with E-state index in [-0.39, 0.29) is 19.0 Å². The third kappa shape index (κ3) is 3.08. The van der Waals surface area contributed by atoms with Crippen LogP contribution in [0.5, 0.6) is 5.75 Å². The summed E-state index contributed by atoms with van der Waals surface area (Å²) in [7, 11) is 0. The minimum Gasteiger partial charge on any atom is -0.489 e. The molecule has 0 heterocycles. The SMILES string of the molecule is NCc1cccc(COc2ccc3c(c2)CCCC3)c1F. The summed E-state index contributed by atoms with van der Waals surface area (Å²) < 4.78 is 19.8. The van der Waals surface area contributed by atoms with Crippen molar-refractivity contribution in [1.82, 2.24) is 0 Å². The molecule has 2 N–H and O–H groups in total. The van der Waals surface area contributed by atoms with Gasteiger partial charge in [0, 0.05) is 17.7 Å². The van der Waals surface area contributed by atoms with Crippen molar-refractivity contribution in [2.45, 2.75) is 38.8 Å². The smallest absolute Gasteiger partial charge is 0.134 e. The van der Waals surface area contributed by atoms with E-state index in [9.17, 15) is 4.39 Å². The standard InChI is InChI=1S/C18H20FNO/c19-18-15(11-20)6-3-7-16(18)12-21-17-9-8-13-4-1-2-5-14(13)10-17/h3,6-10H,1-2,4-5,11-12,20H2. The van der Waals surface area contributed by atoms with Crippen molar-refractivity contribution < 1.29 is 9.13 Å². The maximum Gasteiger partial charge on any atom is 0.134 e. The van der Waals surface area contributed by atoms with E-state index in [1.807, 2.05) is 12.1 Å². The van der Waals surface area contributed by atoms with Gasteiger partial charge >= 0.3 is 0 Å². The van der Waals surface area contributed by atoms with Gasteiger partial charge in [-0.1, -0.05) is 24.3 Å². The molecule has 0 aliphatic heterocycles. The summed E-state index contributed by atoms with van der Waals surface area (Å²) in [6.45, 7) is 0.441. The van der Waals surface area contributed by atoms with Crippen LogP contribution in [0.1, 0.15) is 35.1 Å². The van der Waals surface area contributed by atoms with Crippen LogP contribution in [0.2, 0.25) is 0 Å². The number of fused-ring (bicyclic) bond motifs is 1. The van der Waals surface area contributed by atoms with Crippen molar-refractivity contribution in [2.24, 2.45) is 5.73 Å². The van der Waals surface area contributed by atoms with Gasteiger partial charge in [0.05, 0.1) is 0 Å². The van der Waals surface area contributed by atoms with Gasteiger partial charge in [-0.3, -0.25) is 0 Å². The zero-order valence-electron chi connectivity index (χ0n) is 12.1. The summed E-state index contributed by atoms with van der Waals surface area (Å²) in [5.74, 6) is 0.561. The lowest BCUT2D eigenvalue weighted by atomic mass is 9.92. The molecule has 2 aromatic rings. The van der Waals surface area contributed by atoms with Crippen molar-refractivity contribution in [3.63, 3.8) is 0 Å². The fourth-order valence-electron chi connectivity index (χ4n) is 2.86. The summed E-state index contributed by atoms with van der Waals surface area (Å²) in [5.41, 5.74) is 9.39. The van der Waals surface area contributed by atoms with Crippen molar-refractivity contribution in [1.29, 1.82) is 0 Å². The lowest BCUT2D eigenvalue weighted by molar-refractivity contribution is 0.299. The van der Waals surface area contributed by atoms with Gasteiger partial charge in [-0.25, -0.2) is 4.39 Å². The maximum absolute atomic E-state index is 14.1. The Balaban J connectivity index is 1.73. The molecule has 0 atom stereocenters. The highest BCUT2D eigenvalue weighted by atomic mass is 19.1. The van der Waals surface area contributed by atoms with Crippen molar-refractivity contribution in [2.75, 3.05) is 0 Å². The normalized spacial score (nSPS) is 13.8. The second-order valence-electron chi connectivity index (χ2n) is 5.52. The first kappa shape index (κ1) is 14.1. The molecule has 0 fully saturated rings. The number of benzene rings is 2. The first-order chi connectivity index (χ1) is 10.3. The molecule has 2 aromatic carbocycles. The lowest BCUT2D eigenvalue weighted by Crippen LogP contribution is -2.06. The van der Waals surface area contributed by atoms with E-state index in [4.69, 9.17) is 10.5 Å². The number of halogens is 1. The Bertz CT molecular complexity index is 639. The molecule has 0 amide bonds. The zero-order valence-corrected chi connectivity index (χ0v) is 12.1. The number of aryl methyl sites for hydroxylation is 2. The van der Waals surface area contributed by atoms with Crippen molar-refractivity contribution >= 4 is 0 Å². The van der Waals surface area contributed by atoms with Gasteiger partial charge in [-0.15, -0.1) is 0 Å². The van der Waals surface area contributed by atoms with Crippen LogP contribution in [-0.4, -0.2) is 0 Å². The van der Waals surface area contributed by atoms with Crippen LogP contribution >= 0.6 is 0 Å². The maximum atomic E-state index is 14.1. The van der Waals surface area contributed by atoms with Gasteiger partial charge in [0.25, 0.3) is 0 Å². The number of hydrogen-bond acceptors (Lipinski definition) is 2. The zero-order chi connectivity index (χ0) is 14.7. The van der Waals surface area contributed by atoms with E-state index < -0.39 is 0 Å². The van der Waals surface area contributed by atoms with Crippen LogP contribution in [0, 0.1) is 5.82 Å². The first-order valence-corrected chi connectivity index (χ1v) is 7.49. The third-order valence-corrected chi connectivity index (χ3v) is 4.09. The number of ether oxygens (including phenoxy) is 1. The van der Waals surface area contributed by atoms with Crippen LogP contribution < -0.4 is 10.5 Å². The van der Waals surface area contributed by atoms with Crippen LogP contribution in [-0.2, 0) is 26.0 Å². The molecule has 3 rings (SSSR count). The minimum absolute atomic E-state index is 0.207. The minimum atomic E-state index is -0.252. The summed E-state index contributed by atoms with van der Waals surface area (Å²) in [6.07, 6.45) is 4.78. The highest BCUT2D eigenvalue weighted by molar-refractivity contribution is 5.37. The van der Waals surface area contributed by atoms with Crippen molar-refractivity contribution in [3.8, 4) is 5.75 Å². The Morgan fingerprint density at radius 2 is 1.76 bits per heavy atom. The van der Waals surface area contributed by atoms with Crippen molar-refractivity contribution in [3.05, 3.63) is 64.5 Å². The van der Waals surface area contributed by atoms with E-state index in [0.717, 1.165) is 18.6 Å². The molecule has 0 aromatic heterocycles. The predicted molar refractivity (Wildman–Crippen MR) is 81.7 cm³/mol. The molecule has 0 radical (unpaired) electrons. The first-order valence-electron chi connectivity index (χ1n) is 7.49. The van der Waals surface area contributed by atoms with Gasteiger partial charge in [-0.2, -0.15) is 0 Å². The van der Waals surface area contributed by atoms with Gasteiger partial charge < -0.3 is 10.5 Å². The molecule has 1 aliphatic rings. The number of hydrogen-bond donors (Lipinski definition) is 1. The molecule has 1 aliphatic carbocycles. The molecule has 21 heavy (non-hydrogen) atoms. The summed E-state index contributed by atoms with van der Waals surface area (Å²) >= 11 is 0. The third-order valence-electron chi connectivity index (χ3n) is 4.09. The van der Waals surface area contributed by atoms with E-state index in [1.54, 1.807) is 12.1 Å². The molecule has 0 saturated carbocycles. The highest BCUT2D eigenvalue weighted by Gasteiger charge is 2.11. The molecular weight excluding hydrogens is 265 g/mol. The van der Waals surface area contributed by atoms with Gasteiger partial charge in [0.1, 0.15) is 18.2 Å². The highest BCUT2D eigenvalue weighted by Crippen LogP contribution is 2.26. The topological polar surface area (TPSA) is 35.2 Å². The fraction of sp³-hybridized carbons (Fsp3) is 0.333. The Kier molecular flexibility index (Phi) is 4.20. The van der Waals surface area contributed by atoms with Gasteiger partial charge in [0.15, 0.2) is 0 Å². The summed E-state index contributed by atoms with van der Waals surface area (Å²) in [6, 6.07) is 11.5. The predicted octanol–water partition coefficient (Wildman–Crippen LogP) is 3.74. The Hall–Kier alpha value is -1.87. The largest absolute Gasteiger partial charge is 0.489 e. The summed E-state index contributed by atoms with van der Waals surface area (Å²) in [4.78, 5) is 0. The molecule has 0 saturated heterocycles. The van der Waals surface area contributed by atoms with E-state index in [1.165, 1.54) is 24.0 Å².